The standard InChI is InChI=1S/C7H10N2O2/c1-11-5-9-4-6(8)2-3-7(9)10/h2-4H,5,8H2,1H3. The molecule has 0 spiro atoms. The molecule has 0 aromatic carbocycles. The number of aromatic nitrogens is 1. The average Bonchev–Trinajstić information content (AvgIpc) is 1.98. The molecule has 11 heavy (non-hydrogen) atoms. The highest BCUT2D eigenvalue weighted by molar-refractivity contribution is 5.33. The zero-order valence-corrected chi connectivity index (χ0v) is 6.28. The van der Waals surface area contributed by atoms with Gasteiger partial charge in [-0.2, -0.15) is 0 Å². The molecule has 1 heterocycles. The van der Waals surface area contributed by atoms with Crippen LogP contribution < -0.4 is 11.3 Å². The van der Waals surface area contributed by atoms with Gasteiger partial charge in [0.25, 0.3) is 5.56 Å². The van der Waals surface area contributed by atoms with Crippen molar-refractivity contribution in [1.29, 1.82) is 0 Å². The summed E-state index contributed by atoms with van der Waals surface area (Å²) in [6.07, 6.45) is 1.55. The Hall–Kier alpha value is -1.29. The minimum Gasteiger partial charge on any atom is -0.398 e. The largest absolute Gasteiger partial charge is 0.398 e. The summed E-state index contributed by atoms with van der Waals surface area (Å²) in [5.74, 6) is 0. The first-order valence-electron chi connectivity index (χ1n) is 3.19. The van der Waals surface area contributed by atoms with Crippen LogP contribution >= 0.6 is 0 Å². The van der Waals surface area contributed by atoms with E-state index < -0.39 is 0 Å². The van der Waals surface area contributed by atoms with Gasteiger partial charge in [-0.05, 0) is 6.07 Å². The van der Waals surface area contributed by atoms with Gasteiger partial charge in [0, 0.05) is 25.1 Å². The summed E-state index contributed by atoms with van der Waals surface area (Å²) in [6.45, 7) is 0.240. The molecule has 0 atom stereocenters. The Bertz CT molecular complexity index is 293. The number of pyridine rings is 1. The third-order valence-electron chi connectivity index (χ3n) is 1.27. The van der Waals surface area contributed by atoms with Gasteiger partial charge in [-0.15, -0.1) is 0 Å². The third kappa shape index (κ3) is 1.81. The summed E-state index contributed by atoms with van der Waals surface area (Å²) in [5, 5.41) is 0. The van der Waals surface area contributed by atoms with Crippen LogP contribution in [-0.4, -0.2) is 11.7 Å². The van der Waals surface area contributed by atoms with Crippen molar-refractivity contribution in [2.45, 2.75) is 6.73 Å². The van der Waals surface area contributed by atoms with Crippen LogP contribution in [0.15, 0.2) is 23.1 Å². The quantitative estimate of drug-likeness (QED) is 0.654. The lowest BCUT2D eigenvalue weighted by Gasteiger charge is -2.03. The van der Waals surface area contributed by atoms with E-state index in [-0.39, 0.29) is 12.3 Å². The monoisotopic (exact) mass is 154 g/mol. The Morgan fingerprint density at radius 2 is 2.36 bits per heavy atom. The second kappa shape index (κ2) is 3.21. The van der Waals surface area contributed by atoms with Crippen LogP contribution in [0.4, 0.5) is 5.69 Å². The van der Waals surface area contributed by atoms with Crippen LogP contribution in [0.25, 0.3) is 0 Å². The summed E-state index contributed by atoms with van der Waals surface area (Å²) < 4.78 is 6.17. The summed E-state index contributed by atoms with van der Waals surface area (Å²) in [5.41, 5.74) is 5.89. The first-order valence-corrected chi connectivity index (χ1v) is 3.19. The van der Waals surface area contributed by atoms with Gasteiger partial charge in [0.1, 0.15) is 6.73 Å². The molecule has 4 heteroatoms. The SMILES string of the molecule is COCn1cc(N)ccc1=O. The molecule has 1 rings (SSSR count). The predicted molar refractivity (Wildman–Crippen MR) is 42.1 cm³/mol. The molecule has 2 N–H and O–H groups in total. The fourth-order valence-corrected chi connectivity index (χ4v) is 0.790. The van der Waals surface area contributed by atoms with Gasteiger partial charge < -0.3 is 10.5 Å². The molecule has 60 valence electrons. The van der Waals surface area contributed by atoms with E-state index in [0.29, 0.717) is 5.69 Å². The molecule has 0 saturated carbocycles. The fraction of sp³-hybridized carbons (Fsp3) is 0.286. The van der Waals surface area contributed by atoms with Crippen LogP contribution in [0.3, 0.4) is 0 Å². The van der Waals surface area contributed by atoms with E-state index in [1.807, 2.05) is 0 Å². The highest BCUT2D eigenvalue weighted by Gasteiger charge is 1.93. The van der Waals surface area contributed by atoms with Gasteiger partial charge in [-0.1, -0.05) is 0 Å². The van der Waals surface area contributed by atoms with Crippen molar-refractivity contribution in [2.75, 3.05) is 12.8 Å². The first-order chi connectivity index (χ1) is 5.24. The molecule has 0 unspecified atom stereocenters. The molecule has 0 aliphatic rings. The fourth-order valence-electron chi connectivity index (χ4n) is 0.790. The molecule has 0 aliphatic carbocycles. The zero-order valence-electron chi connectivity index (χ0n) is 6.28. The summed E-state index contributed by atoms with van der Waals surface area (Å²) in [6, 6.07) is 2.98. The highest BCUT2D eigenvalue weighted by atomic mass is 16.5. The highest BCUT2D eigenvalue weighted by Crippen LogP contribution is 1.94. The number of rotatable bonds is 2. The van der Waals surface area contributed by atoms with Gasteiger partial charge in [0.15, 0.2) is 0 Å². The Morgan fingerprint density at radius 1 is 1.64 bits per heavy atom. The molecular weight excluding hydrogens is 144 g/mol. The first kappa shape index (κ1) is 7.81. The maximum Gasteiger partial charge on any atom is 0.252 e. The van der Waals surface area contributed by atoms with Gasteiger partial charge in [0.2, 0.25) is 0 Å². The van der Waals surface area contributed by atoms with Crippen molar-refractivity contribution in [3.05, 3.63) is 28.7 Å². The molecular formula is C7H10N2O2. The second-order valence-corrected chi connectivity index (χ2v) is 2.19. The zero-order chi connectivity index (χ0) is 8.27. The van der Waals surface area contributed by atoms with Gasteiger partial charge in [-0.25, -0.2) is 0 Å². The average molecular weight is 154 g/mol. The van der Waals surface area contributed by atoms with Gasteiger partial charge in [-0.3, -0.25) is 9.36 Å². The topological polar surface area (TPSA) is 57.2 Å². The van der Waals surface area contributed by atoms with E-state index in [0.717, 1.165) is 0 Å². The second-order valence-electron chi connectivity index (χ2n) is 2.19. The molecule has 0 amide bonds. The Kier molecular flexibility index (Phi) is 2.28. The number of nitrogens with two attached hydrogens (primary N) is 1. The Labute approximate surface area is 64.2 Å². The molecule has 0 radical (unpaired) electrons. The van der Waals surface area contributed by atoms with Crippen molar-refractivity contribution < 1.29 is 4.74 Å². The maximum atomic E-state index is 11.0. The van der Waals surface area contributed by atoms with Crippen LogP contribution in [0.1, 0.15) is 0 Å². The number of hydrogen-bond donors (Lipinski definition) is 1. The number of anilines is 1. The molecule has 0 bridgehead atoms. The normalized spacial score (nSPS) is 9.91. The lowest BCUT2D eigenvalue weighted by atomic mass is 10.4. The summed E-state index contributed by atoms with van der Waals surface area (Å²) in [7, 11) is 1.52. The van der Waals surface area contributed by atoms with Crippen LogP contribution in [0.2, 0.25) is 0 Å². The number of methoxy groups -OCH3 is 1. The maximum absolute atomic E-state index is 11.0. The van der Waals surface area contributed by atoms with Crippen molar-refractivity contribution in [2.24, 2.45) is 0 Å². The number of hydrogen-bond acceptors (Lipinski definition) is 3. The van der Waals surface area contributed by atoms with Gasteiger partial charge in [0.05, 0.1) is 0 Å². The molecule has 4 nitrogen and oxygen atoms in total. The Balaban J connectivity index is 3.03. The lowest BCUT2D eigenvalue weighted by molar-refractivity contribution is 0.128. The lowest BCUT2D eigenvalue weighted by Crippen LogP contribution is -2.19. The third-order valence-corrected chi connectivity index (χ3v) is 1.27. The smallest absolute Gasteiger partial charge is 0.252 e. The predicted octanol–water partition coefficient (Wildman–Crippen LogP) is 0.0344. The van der Waals surface area contributed by atoms with E-state index in [4.69, 9.17) is 10.5 Å². The summed E-state index contributed by atoms with van der Waals surface area (Å²) >= 11 is 0. The van der Waals surface area contributed by atoms with Crippen LogP contribution in [-0.2, 0) is 11.5 Å². The molecule has 0 aliphatic heterocycles. The van der Waals surface area contributed by atoms with E-state index >= 15 is 0 Å². The van der Waals surface area contributed by atoms with E-state index in [9.17, 15) is 4.79 Å². The van der Waals surface area contributed by atoms with Gasteiger partial charge >= 0.3 is 0 Å². The van der Waals surface area contributed by atoms with Crippen molar-refractivity contribution in [3.63, 3.8) is 0 Å². The van der Waals surface area contributed by atoms with Crippen LogP contribution in [0.5, 0.6) is 0 Å². The van der Waals surface area contributed by atoms with E-state index in [1.165, 1.54) is 17.7 Å². The number of nitrogen functional groups attached to an aromatic ring is 1. The molecule has 0 saturated heterocycles. The minimum absolute atomic E-state index is 0.110. The number of ether oxygens (including phenoxy) is 1. The van der Waals surface area contributed by atoms with Crippen LogP contribution in [0, 0.1) is 0 Å². The molecule has 0 fully saturated rings. The van der Waals surface area contributed by atoms with E-state index in [1.54, 1.807) is 12.3 Å². The molecule has 1 aromatic rings. The van der Waals surface area contributed by atoms with Crippen molar-refractivity contribution in [1.82, 2.24) is 4.57 Å². The van der Waals surface area contributed by atoms with Crippen molar-refractivity contribution >= 4 is 5.69 Å². The number of nitrogens with zero attached hydrogens (tertiary/aromatic N) is 1. The Morgan fingerprint density at radius 3 is 3.00 bits per heavy atom. The van der Waals surface area contributed by atoms with E-state index in [2.05, 4.69) is 0 Å². The minimum atomic E-state index is -0.110. The summed E-state index contributed by atoms with van der Waals surface area (Å²) in [4.78, 5) is 11.0. The molecule has 1 aromatic heterocycles. The van der Waals surface area contributed by atoms with Crippen molar-refractivity contribution in [3.8, 4) is 0 Å².